The quantitative estimate of drug-likeness (QED) is 0.611. The van der Waals surface area contributed by atoms with Crippen molar-refractivity contribution >= 4 is 17.5 Å². The predicted octanol–water partition coefficient (Wildman–Crippen LogP) is 3.98. The van der Waals surface area contributed by atoms with Crippen molar-refractivity contribution in [3.63, 3.8) is 0 Å². The number of nitrogens with one attached hydrogen (secondary N) is 2. The molecule has 148 valence electrons. The zero-order valence-corrected chi connectivity index (χ0v) is 16.2. The molecule has 2 aromatic carbocycles. The number of pyridine rings is 1. The van der Waals surface area contributed by atoms with Crippen molar-refractivity contribution in [2.75, 3.05) is 11.9 Å². The van der Waals surface area contributed by atoms with Gasteiger partial charge in [-0.15, -0.1) is 0 Å². The molecule has 2 N–H and O–H groups in total. The molecule has 6 nitrogen and oxygen atoms in total. The summed E-state index contributed by atoms with van der Waals surface area (Å²) in [5.41, 5.74) is 2.27. The first-order valence-electron chi connectivity index (χ1n) is 9.41. The lowest BCUT2D eigenvalue weighted by Crippen LogP contribution is -2.27. The highest BCUT2D eigenvalue weighted by atomic mass is 16.5. The van der Waals surface area contributed by atoms with Gasteiger partial charge in [0, 0.05) is 36.6 Å². The minimum atomic E-state index is -0.232. The smallest absolute Gasteiger partial charge is 0.251 e. The lowest BCUT2D eigenvalue weighted by molar-refractivity contribution is -0.116. The zero-order valence-electron chi connectivity index (χ0n) is 16.2. The molecule has 0 aliphatic heterocycles. The first-order chi connectivity index (χ1) is 14.1. The van der Waals surface area contributed by atoms with Crippen LogP contribution in [0, 0.1) is 0 Å². The van der Waals surface area contributed by atoms with Crippen LogP contribution in [0.15, 0.2) is 79.1 Å². The molecule has 2 amide bonds. The molecule has 0 bridgehead atoms. The zero-order chi connectivity index (χ0) is 20.5. The van der Waals surface area contributed by atoms with E-state index in [9.17, 15) is 9.59 Å². The average molecular weight is 389 g/mol. The Balaban J connectivity index is 1.44. The van der Waals surface area contributed by atoms with Crippen LogP contribution < -0.4 is 15.4 Å². The molecule has 0 saturated carbocycles. The van der Waals surface area contributed by atoms with Crippen molar-refractivity contribution in [2.45, 2.75) is 19.4 Å². The van der Waals surface area contributed by atoms with Gasteiger partial charge < -0.3 is 15.4 Å². The van der Waals surface area contributed by atoms with Crippen LogP contribution in [0.1, 0.15) is 35.4 Å². The number of amides is 2. The number of hydrogen-bond acceptors (Lipinski definition) is 4. The molecular formula is C23H23N3O3. The molecule has 1 atom stereocenters. The Hall–Kier alpha value is -3.67. The van der Waals surface area contributed by atoms with Crippen LogP contribution in [0.4, 0.5) is 5.69 Å². The Kier molecular flexibility index (Phi) is 6.95. The van der Waals surface area contributed by atoms with Gasteiger partial charge in [0.15, 0.2) is 0 Å². The molecule has 3 aromatic rings. The fourth-order valence-electron chi connectivity index (χ4n) is 2.73. The van der Waals surface area contributed by atoms with Gasteiger partial charge in [-0.3, -0.25) is 14.6 Å². The minimum absolute atomic E-state index is 0.0882. The lowest BCUT2D eigenvalue weighted by atomic mass is 10.1. The van der Waals surface area contributed by atoms with Crippen LogP contribution in [-0.4, -0.2) is 23.3 Å². The lowest BCUT2D eigenvalue weighted by Gasteiger charge is -2.15. The maximum atomic E-state index is 12.2. The molecule has 0 unspecified atom stereocenters. The summed E-state index contributed by atoms with van der Waals surface area (Å²) in [5, 5.41) is 5.50. The van der Waals surface area contributed by atoms with Gasteiger partial charge in [0.05, 0.1) is 0 Å². The Morgan fingerprint density at radius 1 is 0.966 bits per heavy atom. The molecule has 1 aromatic heterocycles. The van der Waals surface area contributed by atoms with E-state index in [0.717, 1.165) is 5.56 Å². The average Bonchev–Trinajstić information content (AvgIpc) is 2.75. The van der Waals surface area contributed by atoms with Crippen molar-refractivity contribution in [2.24, 2.45) is 0 Å². The Morgan fingerprint density at radius 3 is 2.34 bits per heavy atom. The van der Waals surface area contributed by atoms with E-state index in [0.29, 0.717) is 17.0 Å². The van der Waals surface area contributed by atoms with Gasteiger partial charge in [-0.2, -0.15) is 0 Å². The molecule has 0 radical (unpaired) electrons. The van der Waals surface area contributed by atoms with Gasteiger partial charge in [-0.05, 0) is 48.9 Å². The van der Waals surface area contributed by atoms with E-state index in [1.54, 1.807) is 48.8 Å². The molecule has 0 saturated heterocycles. The maximum Gasteiger partial charge on any atom is 0.251 e. The first-order valence-corrected chi connectivity index (χ1v) is 9.41. The van der Waals surface area contributed by atoms with Crippen molar-refractivity contribution in [1.82, 2.24) is 10.3 Å². The van der Waals surface area contributed by atoms with Crippen LogP contribution in [0.25, 0.3) is 0 Å². The van der Waals surface area contributed by atoms with E-state index in [-0.39, 0.29) is 30.9 Å². The van der Waals surface area contributed by atoms with Crippen molar-refractivity contribution < 1.29 is 14.3 Å². The van der Waals surface area contributed by atoms with E-state index in [4.69, 9.17) is 4.74 Å². The Labute approximate surface area is 169 Å². The van der Waals surface area contributed by atoms with E-state index in [1.165, 1.54) is 0 Å². The topological polar surface area (TPSA) is 80.3 Å². The highest BCUT2D eigenvalue weighted by molar-refractivity contribution is 5.95. The summed E-state index contributed by atoms with van der Waals surface area (Å²) in [5.74, 6) is 0.286. The third kappa shape index (κ3) is 6.17. The molecule has 1 heterocycles. The molecular weight excluding hydrogens is 366 g/mol. The van der Waals surface area contributed by atoms with Gasteiger partial charge in [-0.25, -0.2) is 0 Å². The summed E-state index contributed by atoms with van der Waals surface area (Å²) in [6.45, 7) is 2.23. The highest BCUT2D eigenvalue weighted by Crippen LogP contribution is 2.21. The normalized spacial score (nSPS) is 11.3. The van der Waals surface area contributed by atoms with Crippen LogP contribution in [-0.2, 0) is 4.79 Å². The van der Waals surface area contributed by atoms with Crippen LogP contribution in [0.5, 0.6) is 5.75 Å². The molecule has 0 aliphatic carbocycles. The second-order valence-electron chi connectivity index (χ2n) is 6.49. The molecule has 0 spiro atoms. The summed E-state index contributed by atoms with van der Waals surface area (Å²) in [6.07, 6.45) is 3.30. The number of carbonyl (C=O) groups excluding carboxylic acids is 2. The second-order valence-corrected chi connectivity index (χ2v) is 6.49. The maximum absolute atomic E-state index is 12.2. The highest BCUT2D eigenvalue weighted by Gasteiger charge is 2.09. The van der Waals surface area contributed by atoms with E-state index >= 15 is 0 Å². The monoisotopic (exact) mass is 389 g/mol. The number of hydrogen-bond donors (Lipinski definition) is 2. The number of carbonyl (C=O) groups is 2. The fourth-order valence-corrected chi connectivity index (χ4v) is 2.73. The van der Waals surface area contributed by atoms with Gasteiger partial charge in [0.2, 0.25) is 5.91 Å². The summed E-state index contributed by atoms with van der Waals surface area (Å²) >= 11 is 0. The minimum Gasteiger partial charge on any atom is -0.486 e. The largest absolute Gasteiger partial charge is 0.486 e. The van der Waals surface area contributed by atoms with Crippen molar-refractivity contribution in [3.05, 3.63) is 90.3 Å². The summed E-state index contributed by atoms with van der Waals surface area (Å²) in [7, 11) is 0. The van der Waals surface area contributed by atoms with E-state index in [2.05, 4.69) is 15.6 Å². The van der Waals surface area contributed by atoms with Gasteiger partial charge in [0.1, 0.15) is 11.9 Å². The predicted molar refractivity (Wildman–Crippen MR) is 112 cm³/mol. The number of anilines is 1. The number of aromatic nitrogens is 1. The van der Waals surface area contributed by atoms with E-state index in [1.807, 2.05) is 37.3 Å². The first kappa shape index (κ1) is 20.1. The number of rotatable bonds is 8. The van der Waals surface area contributed by atoms with E-state index < -0.39 is 0 Å². The summed E-state index contributed by atoms with van der Waals surface area (Å²) in [4.78, 5) is 28.0. The number of ether oxygens (including phenoxy) is 1. The Bertz CT molecular complexity index is 929. The second kappa shape index (κ2) is 10.0. The third-order valence-corrected chi connectivity index (χ3v) is 4.30. The van der Waals surface area contributed by atoms with Crippen molar-refractivity contribution in [3.8, 4) is 5.75 Å². The summed E-state index contributed by atoms with van der Waals surface area (Å²) < 4.78 is 5.92. The molecule has 0 aliphatic rings. The van der Waals surface area contributed by atoms with Gasteiger partial charge >= 0.3 is 0 Å². The number of nitrogens with zero attached hydrogens (tertiary/aromatic N) is 1. The van der Waals surface area contributed by atoms with Crippen LogP contribution >= 0.6 is 0 Å². The number of benzene rings is 2. The SMILES string of the molecule is C[C@@H](Oc1ccc(C(=O)NCCC(=O)Nc2ccncc2)cc1)c1ccccc1. The van der Waals surface area contributed by atoms with Gasteiger partial charge in [0.25, 0.3) is 5.91 Å². The van der Waals surface area contributed by atoms with Crippen LogP contribution in [0.2, 0.25) is 0 Å². The molecule has 29 heavy (non-hydrogen) atoms. The van der Waals surface area contributed by atoms with Crippen LogP contribution in [0.3, 0.4) is 0 Å². The summed E-state index contributed by atoms with van der Waals surface area (Å²) in [6, 6.07) is 20.3. The molecule has 6 heteroatoms. The van der Waals surface area contributed by atoms with Crippen molar-refractivity contribution in [1.29, 1.82) is 0 Å². The van der Waals surface area contributed by atoms with Gasteiger partial charge in [-0.1, -0.05) is 30.3 Å². The molecule has 0 fully saturated rings. The fraction of sp³-hybridized carbons (Fsp3) is 0.174. The Morgan fingerprint density at radius 2 is 1.66 bits per heavy atom. The standard InChI is InChI=1S/C23H23N3O3/c1-17(18-5-3-2-4-6-18)29-21-9-7-19(8-10-21)23(28)25-16-13-22(27)26-20-11-14-24-15-12-20/h2-12,14-15,17H,13,16H2,1H3,(H,25,28)(H,24,26,27)/t17-/m1/s1. The molecule has 3 rings (SSSR count). The third-order valence-electron chi connectivity index (χ3n) is 4.30.